The van der Waals surface area contributed by atoms with Gasteiger partial charge in [-0.1, -0.05) is 6.92 Å². The molecule has 1 aliphatic rings. The van der Waals surface area contributed by atoms with Crippen LogP contribution >= 0.6 is 0 Å². The zero-order chi connectivity index (χ0) is 21.7. The van der Waals surface area contributed by atoms with E-state index in [0.29, 0.717) is 11.3 Å². The van der Waals surface area contributed by atoms with Crippen molar-refractivity contribution < 1.29 is 9.59 Å². The maximum atomic E-state index is 12.6. The van der Waals surface area contributed by atoms with Gasteiger partial charge in [-0.2, -0.15) is 5.26 Å². The zero-order valence-corrected chi connectivity index (χ0v) is 17.9. The van der Waals surface area contributed by atoms with Gasteiger partial charge < -0.3 is 14.8 Å². The van der Waals surface area contributed by atoms with Gasteiger partial charge in [-0.3, -0.25) is 9.59 Å². The predicted octanol–water partition coefficient (Wildman–Crippen LogP) is 4.30. The monoisotopic (exact) mass is 404 g/mol. The van der Waals surface area contributed by atoms with Gasteiger partial charge in [-0.25, -0.2) is 0 Å². The first-order chi connectivity index (χ1) is 14.4. The van der Waals surface area contributed by atoms with Crippen LogP contribution in [0.15, 0.2) is 35.9 Å². The number of hydrogen-bond donors (Lipinski definition) is 1. The Morgan fingerprint density at radius 3 is 2.43 bits per heavy atom. The summed E-state index contributed by atoms with van der Waals surface area (Å²) in [5, 5.41) is 12.3. The molecule has 1 fully saturated rings. The number of nitriles is 1. The average molecular weight is 405 g/mol. The molecule has 0 saturated carbocycles. The molecule has 2 aromatic rings. The van der Waals surface area contributed by atoms with E-state index in [2.05, 4.69) is 16.8 Å². The summed E-state index contributed by atoms with van der Waals surface area (Å²) in [5.41, 5.74) is 4.23. The maximum absolute atomic E-state index is 12.6. The van der Waals surface area contributed by atoms with Crippen molar-refractivity contribution in [1.82, 2.24) is 9.47 Å². The Morgan fingerprint density at radius 1 is 1.17 bits per heavy atom. The Balaban J connectivity index is 1.72. The van der Waals surface area contributed by atoms with Crippen molar-refractivity contribution in [2.45, 2.75) is 46.6 Å². The lowest BCUT2D eigenvalue weighted by Gasteiger charge is -2.15. The van der Waals surface area contributed by atoms with Crippen LogP contribution in [0, 0.1) is 25.2 Å². The highest BCUT2D eigenvalue weighted by Crippen LogP contribution is 2.20. The molecular weight excluding hydrogens is 376 g/mol. The highest BCUT2D eigenvalue weighted by atomic mass is 16.2. The lowest BCUT2D eigenvalue weighted by atomic mass is 10.1. The fourth-order valence-electron chi connectivity index (χ4n) is 3.84. The molecule has 156 valence electrons. The van der Waals surface area contributed by atoms with Crippen LogP contribution in [0.1, 0.15) is 53.5 Å². The summed E-state index contributed by atoms with van der Waals surface area (Å²) >= 11 is 0. The molecule has 0 aliphatic carbocycles. The van der Waals surface area contributed by atoms with E-state index in [1.807, 2.05) is 30.9 Å². The van der Waals surface area contributed by atoms with Crippen LogP contribution in [-0.4, -0.2) is 34.4 Å². The number of carbonyl (C=O) groups is 2. The largest absolute Gasteiger partial charge is 0.349 e. The fraction of sp³-hybridized carbons (Fsp3) is 0.375. The minimum absolute atomic E-state index is 0.0189. The smallest absolute Gasteiger partial charge is 0.266 e. The molecule has 1 aromatic heterocycles. The zero-order valence-electron chi connectivity index (χ0n) is 17.9. The van der Waals surface area contributed by atoms with Gasteiger partial charge in [-0.05, 0) is 75.1 Å². The number of benzene rings is 1. The van der Waals surface area contributed by atoms with Crippen molar-refractivity contribution in [3.05, 3.63) is 58.4 Å². The SMILES string of the molecule is CCCn1c(C)cc(/C=C(\C#N)C(=O)Nc2ccc(C(=O)N3CCCC3)cc2)c1C. The summed E-state index contributed by atoms with van der Waals surface area (Å²) in [6.07, 6.45) is 4.74. The summed E-state index contributed by atoms with van der Waals surface area (Å²) in [5.74, 6) is -0.443. The second-order valence-corrected chi connectivity index (χ2v) is 7.68. The molecule has 6 heteroatoms. The third-order valence-corrected chi connectivity index (χ3v) is 5.51. The number of aromatic nitrogens is 1. The maximum Gasteiger partial charge on any atom is 0.266 e. The van der Waals surface area contributed by atoms with Crippen molar-refractivity contribution in [3.63, 3.8) is 0 Å². The Labute approximate surface area is 177 Å². The highest BCUT2D eigenvalue weighted by Gasteiger charge is 2.19. The average Bonchev–Trinajstić information content (AvgIpc) is 3.37. The Hall–Kier alpha value is -3.33. The van der Waals surface area contributed by atoms with E-state index in [-0.39, 0.29) is 11.5 Å². The molecule has 1 aliphatic heterocycles. The third-order valence-electron chi connectivity index (χ3n) is 5.51. The fourth-order valence-corrected chi connectivity index (χ4v) is 3.84. The van der Waals surface area contributed by atoms with Gasteiger partial charge in [0.1, 0.15) is 11.6 Å². The normalized spacial score (nSPS) is 13.9. The molecule has 0 atom stereocenters. The van der Waals surface area contributed by atoms with Crippen LogP contribution in [0.3, 0.4) is 0 Å². The second kappa shape index (κ2) is 9.45. The number of rotatable bonds is 6. The second-order valence-electron chi connectivity index (χ2n) is 7.68. The molecular formula is C24H28N4O2. The number of aryl methyl sites for hydroxylation is 1. The van der Waals surface area contributed by atoms with Crippen molar-refractivity contribution in [2.24, 2.45) is 0 Å². The molecule has 0 bridgehead atoms. The molecule has 1 N–H and O–H groups in total. The summed E-state index contributed by atoms with van der Waals surface area (Å²) in [4.78, 5) is 26.9. The molecule has 2 amide bonds. The van der Waals surface area contributed by atoms with Crippen molar-refractivity contribution >= 4 is 23.6 Å². The Bertz CT molecular complexity index is 1000. The van der Waals surface area contributed by atoms with Crippen LogP contribution in [0.2, 0.25) is 0 Å². The van der Waals surface area contributed by atoms with E-state index in [4.69, 9.17) is 0 Å². The molecule has 1 aromatic carbocycles. The van der Waals surface area contributed by atoms with E-state index < -0.39 is 5.91 Å². The standard InChI is InChI=1S/C24H28N4O2/c1-4-11-28-17(2)14-20(18(28)3)15-21(16-25)23(29)26-22-9-7-19(8-10-22)24(30)27-12-5-6-13-27/h7-10,14-15H,4-6,11-13H2,1-3H3,(H,26,29)/b21-15+. The molecule has 30 heavy (non-hydrogen) atoms. The molecule has 6 nitrogen and oxygen atoms in total. The minimum atomic E-state index is -0.462. The van der Waals surface area contributed by atoms with Gasteiger partial charge in [0, 0.05) is 42.3 Å². The van der Waals surface area contributed by atoms with Crippen molar-refractivity contribution in [2.75, 3.05) is 18.4 Å². The number of nitrogens with zero attached hydrogens (tertiary/aromatic N) is 3. The molecule has 1 saturated heterocycles. The summed E-state index contributed by atoms with van der Waals surface area (Å²) < 4.78 is 2.19. The van der Waals surface area contributed by atoms with E-state index in [0.717, 1.165) is 55.8 Å². The highest BCUT2D eigenvalue weighted by molar-refractivity contribution is 6.10. The molecule has 3 rings (SSSR count). The van der Waals surface area contributed by atoms with Gasteiger partial charge in [0.15, 0.2) is 0 Å². The van der Waals surface area contributed by atoms with Crippen LogP contribution < -0.4 is 5.32 Å². The number of amides is 2. The summed E-state index contributed by atoms with van der Waals surface area (Å²) in [6, 6.07) is 10.8. The quantitative estimate of drug-likeness (QED) is 0.576. The topological polar surface area (TPSA) is 78.1 Å². The number of hydrogen-bond acceptors (Lipinski definition) is 3. The van der Waals surface area contributed by atoms with Gasteiger partial charge in [0.25, 0.3) is 11.8 Å². The lowest BCUT2D eigenvalue weighted by molar-refractivity contribution is -0.112. The van der Waals surface area contributed by atoms with Crippen LogP contribution in [0.25, 0.3) is 6.08 Å². The van der Waals surface area contributed by atoms with Crippen molar-refractivity contribution in [1.29, 1.82) is 5.26 Å². The van der Waals surface area contributed by atoms with E-state index in [9.17, 15) is 14.9 Å². The Kier molecular flexibility index (Phi) is 6.73. The van der Waals surface area contributed by atoms with E-state index >= 15 is 0 Å². The van der Waals surface area contributed by atoms with Crippen LogP contribution in [0.5, 0.6) is 0 Å². The van der Waals surface area contributed by atoms with Gasteiger partial charge in [0.05, 0.1) is 0 Å². The van der Waals surface area contributed by atoms with Gasteiger partial charge in [-0.15, -0.1) is 0 Å². The Morgan fingerprint density at radius 2 is 1.83 bits per heavy atom. The van der Waals surface area contributed by atoms with Gasteiger partial charge in [0.2, 0.25) is 0 Å². The first kappa shape index (κ1) is 21.4. The number of carbonyl (C=O) groups excluding carboxylic acids is 2. The third kappa shape index (κ3) is 4.62. The van der Waals surface area contributed by atoms with E-state index in [1.54, 1.807) is 30.3 Å². The molecule has 0 spiro atoms. The molecule has 0 unspecified atom stereocenters. The van der Waals surface area contributed by atoms with E-state index in [1.165, 1.54) is 0 Å². The lowest BCUT2D eigenvalue weighted by Crippen LogP contribution is -2.27. The number of likely N-dealkylation sites (tertiary alicyclic amines) is 1. The summed E-state index contributed by atoms with van der Waals surface area (Å²) in [6.45, 7) is 8.64. The first-order valence-electron chi connectivity index (χ1n) is 10.4. The van der Waals surface area contributed by atoms with Crippen molar-refractivity contribution in [3.8, 4) is 6.07 Å². The predicted molar refractivity (Wildman–Crippen MR) is 118 cm³/mol. The first-order valence-corrected chi connectivity index (χ1v) is 10.4. The summed E-state index contributed by atoms with van der Waals surface area (Å²) in [7, 11) is 0. The van der Waals surface area contributed by atoms with Gasteiger partial charge >= 0.3 is 0 Å². The van der Waals surface area contributed by atoms with Crippen LogP contribution in [-0.2, 0) is 11.3 Å². The molecule has 0 radical (unpaired) electrons. The van der Waals surface area contributed by atoms with Crippen LogP contribution in [0.4, 0.5) is 5.69 Å². The number of nitrogens with one attached hydrogen (secondary N) is 1. The molecule has 2 heterocycles. The minimum Gasteiger partial charge on any atom is -0.349 e. The number of anilines is 1.